The number of piperidine rings is 1. The molecule has 2 saturated heterocycles. The number of rotatable bonds is 5. The lowest BCUT2D eigenvalue weighted by atomic mass is 9.87. The molecule has 2 fully saturated rings. The zero-order valence-electron chi connectivity index (χ0n) is 12.9. The van der Waals surface area contributed by atoms with Crippen molar-refractivity contribution < 1.29 is 9.53 Å². The largest absolute Gasteiger partial charge is 0.378 e. The topological polar surface area (TPSA) is 41.6 Å². The molecule has 4 nitrogen and oxygen atoms in total. The number of amides is 1. The van der Waals surface area contributed by atoms with E-state index < -0.39 is 0 Å². The van der Waals surface area contributed by atoms with Crippen LogP contribution >= 0.6 is 12.4 Å². The van der Waals surface area contributed by atoms with Gasteiger partial charge >= 0.3 is 0 Å². The van der Waals surface area contributed by atoms with E-state index in [-0.39, 0.29) is 18.3 Å². The van der Waals surface area contributed by atoms with Gasteiger partial charge in [-0.25, -0.2) is 0 Å². The van der Waals surface area contributed by atoms with E-state index in [9.17, 15) is 4.79 Å². The Labute approximate surface area is 129 Å². The highest BCUT2D eigenvalue weighted by Gasteiger charge is 2.33. The SMILES string of the molecule is CC(C)COC1CCN(C(=O)C(C)C2CNC2)CC1.Cl. The fraction of sp³-hybridized carbons (Fsp3) is 0.933. The monoisotopic (exact) mass is 304 g/mol. The normalized spacial score (nSPS) is 22.3. The zero-order chi connectivity index (χ0) is 13.8. The molecule has 2 aliphatic heterocycles. The molecule has 0 aliphatic carbocycles. The Balaban J connectivity index is 0.00000200. The first-order valence-corrected chi connectivity index (χ1v) is 7.69. The molecule has 0 aromatic carbocycles. The van der Waals surface area contributed by atoms with Gasteiger partial charge in [-0.15, -0.1) is 12.4 Å². The highest BCUT2D eigenvalue weighted by molar-refractivity contribution is 5.85. The van der Waals surface area contributed by atoms with E-state index in [1.807, 2.05) is 4.90 Å². The van der Waals surface area contributed by atoms with Crippen molar-refractivity contribution in [2.75, 3.05) is 32.8 Å². The Kier molecular flexibility index (Phi) is 7.27. The van der Waals surface area contributed by atoms with Crippen LogP contribution < -0.4 is 5.32 Å². The molecule has 1 unspecified atom stereocenters. The molecule has 2 rings (SSSR count). The van der Waals surface area contributed by atoms with Crippen LogP contribution in [0, 0.1) is 17.8 Å². The van der Waals surface area contributed by atoms with Crippen molar-refractivity contribution in [1.82, 2.24) is 10.2 Å². The molecule has 0 spiro atoms. The number of hydrogen-bond acceptors (Lipinski definition) is 3. The number of carbonyl (C=O) groups excluding carboxylic acids is 1. The summed E-state index contributed by atoms with van der Waals surface area (Å²) >= 11 is 0. The summed E-state index contributed by atoms with van der Waals surface area (Å²) in [6.07, 6.45) is 2.34. The van der Waals surface area contributed by atoms with Gasteiger partial charge in [-0.05, 0) is 37.8 Å². The molecule has 0 radical (unpaired) electrons. The van der Waals surface area contributed by atoms with E-state index >= 15 is 0 Å². The third kappa shape index (κ3) is 4.61. The lowest BCUT2D eigenvalue weighted by Gasteiger charge is -2.38. The highest BCUT2D eigenvalue weighted by atomic mass is 35.5. The van der Waals surface area contributed by atoms with Crippen LogP contribution in [0.4, 0.5) is 0 Å². The molecular formula is C15H29ClN2O2. The molecule has 1 amide bonds. The second-order valence-corrected chi connectivity index (χ2v) is 6.46. The number of likely N-dealkylation sites (tertiary alicyclic amines) is 1. The van der Waals surface area contributed by atoms with Crippen LogP contribution in [-0.4, -0.2) is 49.7 Å². The van der Waals surface area contributed by atoms with Gasteiger partial charge in [-0.1, -0.05) is 20.8 Å². The predicted octanol–water partition coefficient (Wildman–Crippen LogP) is 1.93. The maximum absolute atomic E-state index is 12.4. The minimum absolute atomic E-state index is 0. The second-order valence-electron chi connectivity index (χ2n) is 6.46. The molecule has 0 bridgehead atoms. The molecule has 1 atom stereocenters. The van der Waals surface area contributed by atoms with E-state index in [4.69, 9.17) is 4.74 Å². The van der Waals surface area contributed by atoms with Crippen molar-refractivity contribution in [3.63, 3.8) is 0 Å². The van der Waals surface area contributed by atoms with Crippen LogP contribution in [0.5, 0.6) is 0 Å². The van der Waals surface area contributed by atoms with Crippen LogP contribution in [0.15, 0.2) is 0 Å². The Morgan fingerprint density at radius 1 is 1.25 bits per heavy atom. The van der Waals surface area contributed by atoms with E-state index in [0.29, 0.717) is 23.8 Å². The minimum Gasteiger partial charge on any atom is -0.378 e. The highest BCUT2D eigenvalue weighted by Crippen LogP contribution is 2.22. The van der Waals surface area contributed by atoms with Crippen LogP contribution in [0.25, 0.3) is 0 Å². The van der Waals surface area contributed by atoms with Crippen molar-refractivity contribution in [2.45, 2.75) is 39.7 Å². The predicted molar refractivity (Wildman–Crippen MR) is 83.2 cm³/mol. The summed E-state index contributed by atoms with van der Waals surface area (Å²) in [5.41, 5.74) is 0. The van der Waals surface area contributed by atoms with E-state index in [0.717, 1.165) is 45.6 Å². The summed E-state index contributed by atoms with van der Waals surface area (Å²) < 4.78 is 5.86. The van der Waals surface area contributed by atoms with Gasteiger partial charge in [0.2, 0.25) is 5.91 Å². The smallest absolute Gasteiger partial charge is 0.225 e. The Hall–Kier alpha value is -0.320. The summed E-state index contributed by atoms with van der Waals surface area (Å²) in [6, 6.07) is 0. The minimum atomic E-state index is 0. The molecule has 0 aromatic heterocycles. The fourth-order valence-corrected chi connectivity index (χ4v) is 2.73. The molecule has 118 valence electrons. The van der Waals surface area contributed by atoms with Crippen molar-refractivity contribution in [3.05, 3.63) is 0 Å². The second kappa shape index (κ2) is 8.20. The van der Waals surface area contributed by atoms with Crippen molar-refractivity contribution in [3.8, 4) is 0 Å². The average molecular weight is 305 g/mol. The Morgan fingerprint density at radius 2 is 1.85 bits per heavy atom. The number of hydrogen-bond donors (Lipinski definition) is 1. The van der Waals surface area contributed by atoms with E-state index in [1.165, 1.54) is 0 Å². The summed E-state index contributed by atoms with van der Waals surface area (Å²) in [5.74, 6) is 1.65. The third-order valence-electron chi connectivity index (χ3n) is 4.33. The van der Waals surface area contributed by atoms with Gasteiger partial charge < -0.3 is 15.0 Å². The molecular weight excluding hydrogens is 276 g/mol. The number of nitrogens with one attached hydrogen (secondary N) is 1. The van der Waals surface area contributed by atoms with Crippen LogP contribution in [0.3, 0.4) is 0 Å². The zero-order valence-corrected chi connectivity index (χ0v) is 13.7. The van der Waals surface area contributed by atoms with Gasteiger partial charge in [0, 0.05) is 25.6 Å². The van der Waals surface area contributed by atoms with E-state index in [2.05, 4.69) is 26.1 Å². The molecule has 1 N–H and O–H groups in total. The first-order chi connectivity index (χ1) is 9.08. The summed E-state index contributed by atoms with van der Waals surface area (Å²) in [5, 5.41) is 3.24. The molecule has 2 aliphatic rings. The van der Waals surface area contributed by atoms with Crippen LogP contribution in [0.1, 0.15) is 33.6 Å². The third-order valence-corrected chi connectivity index (χ3v) is 4.33. The maximum atomic E-state index is 12.4. The quantitative estimate of drug-likeness (QED) is 0.844. The number of halogens is 1. The van der Waals surface area contributed by atoms with Crippen LogP contribution in [0.2, 0.25) is 0 Å². The number of nitrogens with zero attached hydrogens (tertiary/aromatic N) is 1. The first kappa shape index (κ1) is 17.7. The Bertz CT molecular complexity index is 300. The van der Waals surface area contributed by atoms with Gasteiger partial charge in [-0.2, -0.15) is 0 Å². The Morgan fingerprint density at radius 3 is 2.30 bits per heavy atom. The summed E-state index contributed by atoms with van der Waals surface area (Å²) in [7, 11) is 0. The lowest BCUT2D eigenvalue weighted by molar-refractivity contribution is -0.140. The molecule has 2 heterocycles. The number of carbonyl (C=O) groups is 1. The molecule has 0 aromatic rings. The average Bonchev–Trinajstić information content (AvgIpc) is 2.34. The lowest BCUT2D eigenvalue weighted by Crippen LogP contribution is -2.52. The number of ether oxygens (including phenoxy) is 1. The van der Waals surface area contributed by atoms with Gasteiger partial charge in [0.05, 0.1) is 6.10 Å². The molecule has 5 heteroatoms. The van der Waals surface area contributed by atoms with Crippen molar-refractivity contribution >= 4 is 18.3 Å². The van der Waals surface area contributed by atoms with Crippen molar-refractivity contribution in [1.29, 1.82) is 0 Å². The van der Waals surface area contributed by atoms with Crippen molar-refractivity contribution in [2.24, 2.45) is 17.8 Å². The van der Waals surface area contributed by atoms with Crippen LogP contribution in [-0.2, 0) is 9.53 Å². The van der Waals surface area contributed by atoms with Gasteiger partial charge in [0.15, 0.2) is 0 Å². The summed E-state index contributed by atoms with van der Waals surface area (Å²) in [6.45, 7) is 11.0. The van der Waals surface area contributed by atoms with Gasteiger partial charge in [0.25, 0.3) is 0 Å². The fourth-order valence-electron chi connectivity index (χ4n) is 2.73. The first-order valence-electron chi connectivity index (χ1n) is 7.69. The standard InChI is InChI=1S/C15H28N2O2.ClH/c1-11(2)10-19-14-4-6-17(7-5-14)15(18)12(3)13-8-16-9-13;/h11-14,16H,4-10H2,1-3H3;1H. The van der Waals surface area contributed by atoms with Gasteiger partial charge in [0.1, 0.15) is 0 Å². The maximum Gasteiger partial charge on any atom is 0.225 e. The van der Waals surface area contributed by atoms with E-state index in [1.54, 1.807) is 0 Å². The summed E-state index contributed by atoms with van der Waals surface area (Å²) in [4.78, 5) is 14.4. The molecule has 0 saturated carbocycles. The van der Waals surface area contributed by atoms with Gasteiger partial charge in [-0.3, -0.25) is 4.79 Å². The molecule has 20 heavy (non-hydrogen) atoms.